The van der Waals surface area contributed by atoms with Gasteiger partial charge in [-0.15, -0.1) is 0 Å². The van der Waals surface area contributed by atoms with Crippen molar-refractivity contribution in [3.05, 3.63) is 39.4 Å². The SMILES string of the molecule is O=C(O)c1ccc(OCC(Cl)=CCl)c(Cl)c1. The summed E-state index contributed by atoms with van der Waals surface area (Å²) in [4.78, 5) is 10.6. The first kappa shape index (κ1) is 13.2. The summed E-state index contributed by atoms with van der Waals surface area (Å²) >= 11 is 16.8. The summed E-state index contributed by atoms with van der Waals surface area (Å²) in [5, 5.41) is 9.24. The van der Waals surface area contributed by atoms with Gasteiger partial charge in [0, 0.05) is 5.54 Å². The molecule has 3 nitrogen and oxygen atoms in total. The van der Waals surface area contributed by atoms with Gasteiger partial charge in [-0.25, -0.2) is 4.79 Å². The smallest absolute Gasteiger partial charge is 0.335 e. The molecule has 0 aliphatic carbocycles. The Morgan fingerprint density at radius 2 is 2.19 bits per heavy atom. The van der Waals surface area contributed by atoms with E-state index in [0.29, 0.717) is 10.8 Å². The summed E-state index contributed by atoms with van der Waals surface area (Å²) in [6.07, 6.45) is 0. The van der Waals surface area contributed by atoms with E-state index >= 15 is 0 Å². The molecule has 0 atom stereocenters. The lowest BCUT2D eigenvalue weighted by atomic mass is 10.2. The van der Waals surface area contributed by atoms with Crippen molar-refractivity contribution in [2.45, 2.75) is 0 Å². The number of aromatic carboxylic acids is 1. The molecule has 0 aromatic heterocycles. The quantitative estimate of drug-likeness (QED) is 0.914. The molecule has 0 saturated carbocycles. The fraction of sp³-hybridized carbons (Fsp3) is 0.100. The summed E-state index contributed by atoms with van der Waals surface area (Å²) in [7, 11) is 0. The molecule has 0 saturated heterocycles. The fourth-order valence-electron chi connectivity index (χ4n) is 0.929. The average molecular weight is 282 g/mol. The van der Waals surface area contributed by atoms with Crippen molar-refractivity contribution in [3.8, 4) is 5.75 Å². The van der Waals surface area contributed by atoms with Crippen LogP contribution < -0.4 is 4.74 Å². The van der Waals surface area contributed by atoms with Gasteiger partial charge in [0.1, 0.15) is 12.4 Å². The first-order valence-corrected chi connectivity index (χ1v) is 5.34. The molecule has 0 bridgehead atoms. The topological polar surface area (TPSA) is 46.5 Å². The molecule has 0 spiro atoms. The van der Waals surface area contributed by atoms with E-state index in [1.807, 2.05) is 0 Å². The first-order chi connectivity index (χ1) is 7.54. The maximum absolute atomic E-state index is 10.6. The highest BCUT2D eigenvalue weighted by Gasteiger charge is 2.08. The van der Waals surface area contributed by atoms with Crippen LogP contribution in [0.5, 0.6) is 5.75 Å². The molecule has 0 unspecified atom stereocenters. The molecule has 0 aliphatic rings. The maximum Gasteiger partial charge on any atom is 0.335 e. The summed E-state index contributed by atoms with van der Waals surface area (Å²) in [5.41, 5.74) is 1.28. The number of hydrogen-bond acceptors (Lipinski definition) is 2. The normalized spacial score (nSPS) is 11.3. The van der Waals surface area contributed by atoms with Crippen molar-refractivity contribution in [2.75, 3.05) is 6.61 Å². The third-order valence-corrected chi connectivity index (χ3v) is 2.55. The minimum atomic E-state index is -1.05. The molecule has 1 aromatic carbocycles. The number of ether oxygens (including phenoxy) is 1. The molecule has 0 amide bonds. The number of halogens is 3. The average Bonchev–Trinajstić information content (AvgIpc) is 2.26. The second kappa shape index (κ2) is 5.99. The van der Waals surface area contributed by atoms with Crippen LogP contribution in [0.4, 0.5) is 0 Å². The Morgan fingerprint density at radius 1 is 1.50 bits per heavy atom. The van der Waals surface area contributed by atoms with Crippen molar-refractivity contribution in [1.29, 1.82) is 0 Å². The van der Waals surface area contributed by atoms with Crippen LogP contribution in [0.3, 0.4) is 0 Å². The Balaban J connectivity index is 2.79. The molecular weight excluding hydrogens is 274 g/mol. The summed E-state index contributed by atoms with van der Waals surface area (Å²) < 4.78 is 5.21. The molecule has 0 aliphatic heterocycles. The van der Waals surface area contributed by atoms with Crippen LogP contribution in [0.15, 0.2) is 28.8 Å². The molecule has 1 aromatic rings. The third kappa shape index (κ3) is 3.59. The summed E-state index contributed by atoms with van der Waals surface area (Å²) in [5.74, 6) is -0.699. The first-order valence-electron chi connectivity index (χ1n) is 4.15. The minimum absolute atomic E-state index is 0.0805. The lowest BCUT2D eigenvalue weighted by Crippen LogP contribution is -2.00. The van der Waals surface area contributed by atoms with Gasteiger partial charge in [-0.1, -0.05) is 34.8 Å². The second-order valence-corrected chi connectivity index (χ2v) is 3.91. The van der Waals surface area contributed by atoms with E-state index in [2.05, 4.69) is 0 Å². The largest absolute Gasteiger partial charge is 0.486 e. The molecule has 86 valence electrons. The third-order valence-electron chi connectivity index (χ3n) is 1.66. The Kier molecular flexibility index (Phi) is 4.93. The number of carboxylic acids is 1. The van der Waals surface area contributed by atoms with Gasteiger partial charge in [-0.3, -0.25) is 0 Å². The number of benzene rings is 1. The van der Waals surface area contributed by atoms with Crippen molar-refractivity contribution >= 4 is 40.8 Å². The Labute approximate surface area is 107 Å². The summed E-state index contributed by atoms with van der Waals surface area (Å²) in [6, 6.07) is 4.16. The van der Waals surface area contributed by atoms with E-state index in [0.717, 1.165) is 0 Å². The van der Waals surface area contributed by atoms with E-state index in [1.165, 1.54) is 23.7 Å². The van der Waals surface area contributed by atoms with E-state index in [-0.39, 0.29) is 17.2 Å². The van der Waals surface area contributed by atoms with Gasteiger partial charge in [-0.05, 0) is 18.2 Å². The van der Waals surface area contributed by atoms with Crippen LogP contribution in [0.25, 0.3) is 0 Å². The van der Waals surface area contributed by atoms with E-state index < -0.39 is 5.97 Å². The van der Waals surface area contributed by atoms with Crippen LogP contribution in [-0.4, -0.2) is 17.7 Å². The molecule has 0 heterocycles. The monoisotopic (exact) mass is 280 g/mol. The van der Waals surface area contributed by atoms with Crippen molar-refractivity contribution in [3.63, 3.8) is 0 Å². The number of carbonyl (C=O) groups is 1. The zero-order valence-electron chi connectivity index (χ0n) is 7.91. The second-order valence-electron chi connectivity index (χ2n) is 2.80. The predicted molar refractivity (Wildman–Crippen MR) is 63.7 cm³/mol. The highest BCUT2D eigenvalue weighted by atomic mass is 35.5. The van der Waals surface area contributed by atoms with Crippen LogP contribution in [0.1, 0.15) is 10.4 Å². The van der Waals surface area contributed by atoms with Crippen molar-refractivity contribution in [1.82, 2.24) is 0 Å². The van der Waals surface area contributed by atoms with Gasteiger partial charge in [0.15, 0.2) is 0 Å². The van der Waals surface area contributed by atoms with Crippen LogP contribution in [0, 0.1) is 0 Å². The van der Waals surface area contributed by atoms with E-state index in [4.69, 9.17) is 44.6 Å². The standard InChI is InChI=1S/C10H7Cl3O3/c11-4-7(12)5-16-9-2-1-6(10(14)15)3-8(9)13/h1-4H,5H2,(H,14,15). The number of rotatable bonds is 4. The van der Waals surface area contributed by atoms with Crippen LogP contribution in [0.2, 0.25) is 5.02 Å². The highest BCUT2D eigenvalue weighted by Crippen LogP contribution is 2.26. The predicted octanol–water partition coefficient (Wildman–Crippen LogP) is 3.74. The highest BCUT2D eigenvalue weighted by molar-refractivity contribution is 6.36. The van der Waals surface area contributed by atoms with Gasteiger partial charge in [0.05, 0.1) is 15.6 Å². The molecule has 0 radical (unpaired) electrons. The number of carboxylic acid groups (broad SMARTS) is 1. The minimum Gasteiger partial charge on any atom is -0.486 e. The molecule has 6 heteroatoms. The Bertz CT molecular complexity index is 429. The van der Waals surface area contributed by atoms with Gasteiger partial charge >= 0.3 is 5.97 Å². The van der Waals surface area contributed by atoms with E-state index in [9.17, 15) is 4.79 Å². The zero-order valence-corrected chi connectivity index (χ0v) is 10.2. The summed E-state index contributed by atoms with van der Waals surface area (Å²) in [6.45, 7) is 0.0805. The van der Waals surface area contributed by atoms with Gasteiger partial charge < -0.3 is 9.84 Å². The molecule has 1 N–H and O–H groups in total. The lowest BCUT2D eigenvalue weighted by molar-refractivity contribution is 0.0697. The fourth-order valence-corrected chi connectivity index (χ4v) is 1.28. The Hall–Kier alpha value is -0.900. The van der Waals surface area contributed by atoms with Crippen LogP contribution >= 0.6 is 34.8 Å². The van der Waals surface area contributed by atoms with Gasteiger partial charge in [0.25, 0.3) is 0 Å². The molecular formula is C10H7Cl3O3. The van der Waals surface area contributed by atoms with Crippen molar-refractivity contribution in [2.24, 2.45) is 0 Å². The van der Waals surface area contributed by atoms with Gasteiger partial charge in [0.2, 0.25) is 0 Å². The molecule has 16 heavy (non-hydrogen) atoms. The molecule has 0 fully saturated rings. The lowest BCUT2D eigenvalue weighted by Gasteiger charge is -2.07. The van der Waals surface area contributed by atoms with Crippen molar-refractivity contribution < 1.29 is 14.6 Å². The van der Waals surface area contributed by atoms with Crippen LogP contribution in [-0.2, 0) is 0 Å². The van der Waals surface area contributed by atoms with Gasteiger partial charge in [-0.2, -0.15) is 0 Å². The maximum atomic E-state index is 10.6. The molecule has 1 rings (SSSR count). The Morgan fingerprint density at radius 3 is 2.69 bits per heavy atom. The van der Waals surface area contributed by atoms with E-state index in [1.54, 1.807) is 0 Å². The number of hydrogen-bond donors (Lipinski definition) is 1. The zero-order chi connectivity index (χ0) is 12.1.